The Kier molecular flexibility index (Phi) is 3.73. The van der Waals surface area contributed by atoms with Crippen molar-refractivity contribution in [2.45, 2.75) is 12.0 Å². The molecular formula is C13H18N2O2S2. The van der Waals surface area contributed by atoms with Gasteiger partial charge in [-0.25, -0.2) is 0 Å². The molecule has 1 aromatic heterocycles. The van der Waals surface area contributed by atoms with E-state index in [0.29, 0.717) is 25.3 Å². The molecule has 1 amide bonds. The first-order chi connectivity index (χ1) is 9.19. The predicted molar refractivity (Wildman–Crippen MR) is 80.0 cm³/mol. The lowest BCUT2D eigenvalue weighted by molar-refractivity contribution is -0.149. The molecular weight excluding hydrogens is 280 g/mol. The molecule has 0 radical (unpaired) electrons. The lowest BCUT2D eigenvalue weighted by atomic mass is 10.0. The molecule has 3 rings (SSSR count). The SMILES string of the molecule is O=C(N1CCN(c2cccs2)CC1)C1(O)CCSC1. The number of carbonyl (C=O) groups is 1. The summed E-state index contributed by atoms with van der Waals surface area (Å²) in [6, 6.07) is 4.17. The number of rotatable bonds is 2. The lowest BCUT2D eigenvalue weighted by Crippen LogP contribution is -2.56. The van der Waals surface area contributed by atoms with Gasteiger partial charge in [-0.3, -0.25) is 4.79 Å². The van der Waals surface area contributed by atoms with Gasteiger partial charge in [0.15, 0.2) is 5.60 Å². The quantitative estimate of drug-likeness (QED) is 0.893. The smallest absolute Gasteiger partial charge is 0.255 e. The van der Waals surface area contributed by atoms with Crippen LogP contribution in [0.4, 0.5) is 5.00 Å². The van der Waals surface area contributed by atoms with Gasteiger partial charge in [0, 0.05) is 31.9 Å². The summed E-state index contributed by atoms with van der Waals surface area (Å²) in [7, 11) is 0. The van der Waals surface area contributed by atoms with Gasteiger partial charge in [0.05, 0.1) is 5.00 Å². The highest BCUT2D eigenvalue weighted by Gasteiger charge is 2.42. The minimum atomic E-state index is -1.10. The molecule has 1 N–H and O–H groups in total. The molecule has 1 atom stereocenters. The molecule has 0 bridgehead atoms. The zero-order valence-corrected chi connectivity index (χ0v) is 12.4. The van der Waals surface area contributed by atoms with Crippen molar-refractivity contribution in [3.8, 4) is 0 Å². The van der Waals surface area contributed by atoms with Crippen LogP contribution in [0.5, 0.6) is 0 Å². The van der Waals surface area contributed by atoms with E-state index in [0.717, 1.165) is 18.8 Å². The Morgan fingerprint density at radius 3 is 2.68 bits per heavy atom. The second-order valence-corrected chi connectivity index (χ2v) is 7.10. The number of thiophene rings is 1. The van der Waals surface area contributed by atoms with E-state index < -0.39 is 5.60 Å². The summed E-state index contributed by atoms with van der Waals surface area (Å²) in [4.78, 5) is 16.5. The number of nitrogens with zero attached hydrogens (tertiary/aromatic N) is 2. The molecule has 0 saturated carbocycles. The van der Waals surface area contributed by atoms with Crippen LogP contribution in [0, 0.1) is 0 Å². The van der Waals surface area contributed by atoms with Crippen LogP contribution in [0.1, 0.15) is 6.42 Å². The lowest BCUT2D eigenvalue weighted by Gasteiger charge is -2.38. The summed E-state index contributed by atoms with van der Waals surface area (Å²) < 4.78 is 0. The maximum atomic E-state index is 12.4. The molecule has 2 saturated heterocycles. The van der Waals surface area contributed by atoms with E-state index in [2.05, 4.69) is 22.4 Å². The van der Waals surface area contributed by atoms with Crippen LogP contribution in [0.2, 0.25) is 0 Å². The highest BCUT2D eigenvalue weighted by Crippen LogP contribution is 2.30. The van der Waals surface area contributed by atoms with Crippen molar-refractivity contribution < 1.29 is 9.90 Å². The Labute approximate surface area is 121 Å². The standard InChI is InChI=1S/C13H18N2O2S2/c16-12(13(17)3-9-18-10-13)15-6-4-14(5-7-15)11-2-1-8-19-11/h1-2,8,17H,3-7,9-10H2. The Hall–Kier alpha value is -0.720. The van der Waals surface area contributed by atoms with Crippen molar-refractivity contribution in [1.29, 1.82) is 0 Å². The van der Waals surface area contributed by atoms with Crippen LogP contribution in [0.25, 0.3) is 0 Å². The molecule has 0 aromatic carbocycles. The fourth-order valence-corrected chi connectivity index (χ4v) is 4.61. The first kappa shape index (κ1) is 13.3. The number of hydrogen-bond acceptors (Lipinski definition) is 5. The van der Waals surface area contributed by atoms with E-state index in [4.69, 9.17) is 0 Å². The van der Waals surface area contributed by atoms with Crippen molar-refractivity contribution >= 4 is 34.0 Å². The summed E-state index contributed by atoms with van der Waals surface area (Å²) >= 11 is 3.40. The van der Waals surface area contributed by atoms with Gasteiger partial charge in [-0.05, 0) is 29.7 Å². The first-order valence-corrected chi connectivity index (χ1v) is 8.60. The fourth-order valence-electron chi connectivity index (χ4n) is 2.60. The van der Waals surface area contributed by atoms with Gasteiger partial charge in [0.2, 0.25) is 0 Å². The van der Waals surface area contributed by atoms with E-state index in [1.165, 1.54) is 5.00 Å². The van der Waals surface area contributed by atoms with Crippen molar-refractivity contribution in [3.05, 3.63) is 17.5 Å². The van der Waals surface area contributed by atoms with E-state index >= 15 is 0 Å². The summed E-state index contributed by atoms with van der Waals surface area (Å²) in [6.45, 7) is 3.14. The van der Waals surface area contributed by atoms with Crippen LogP contribution in [0.3, 0.4) is 0 Å². The first-order valence-electron chi connectivity index (χ1n) is 6.57. The highest BCUT2D eigenvalue weighted by molar-refractivity contribution is 7.99. The van der Waals surface area contributed by atoms with E-state index in [-0.39, 0.29) is 5.91 Å². The third kappa shape index (κ3) is 2.61. The Bertz CT molecular complexity index is 436. The Balaban J connectivity index is 1.59. The monoisotopic (exact) mass is 298 g/mol. The molecule has 3 heterocycles. The molecule has 104 valence electrons. The number of carbonyl (C=O) groups excluding carboxylic acids is 1. The third-order valence-corrected chi connectivity index (χ3v) is 5.89. The second kappa shape index (κ2) is 5.34. The fraction of sp³-hybridized carbons (Fsp3) is 0.615. The Morgan fingerprint density at radius 1 is 1.32 bits per heavy atom. The summed E-state index contributed by atoms with van der Waals surface area (Å²) in [5.74, 6) is 1.37. The van der Waals surface area contributed by atoms with Crippen LogP contribution >= 0.6 is 23.1 Å². The van der Waals surface area contributed by atoms with Crippen molar-refractivity contribution in [3.63, 3.8) is 0 Å². The number of amides is 1. The Morgan fingerprint density at radius 2 is 2.11 bits per heavy atom. The molecule has 2 fully saturated rings. The molecule has 1 unspecified atom stereocenters. The second-order valence-electron chi connectivity index (χ2n) is 5.06. The number of thioether (sulfide) groups is 1. The molecule has 1 aromatic rings. The normalized spacial score (nSPS) is 27.8. The van der Waals surface area contributed by atoms with Crippen molar-refractivity contribution in [1.82, 2.24) is 4.90 Å². The molecule has 2 aliphatic heterocycles. The summed E-state index contributed by atoms with van der Waals surface area (Å²) in [6.07, 6.45) is 0.599. The van der Waals surface area contributed by atoms with Gasteiger partial charge in [-0.1, -0.05) is 0 Å². The molecule has 19 heavy (non-hydrogen) atoms. The van der Waals surface area contributed by atoms with Gasteiger partial charge >= 0.3 is 0 Å². The third-order valence-electron chi connectivity index (χ3n) is 3.78. The number of anilines is 1. The van der Waals surface area contributed by atoms with Crippen molar-refractivity contribution in [2.75, 3.05) is 42.6 Å². The van der Waals surface area contributed by atoms with Crippen LogP contribution in [-0.2, 0) is 4.79 Å². The minimum absolute atomic E-state index is 0.0664. The minimum Gasteiger partial charge on any atom is -0.379 e. The largest absolute Gasteiger partial charge is 0.379 e. The highest BCUT2D eigenvalue weighted by atomic mass is 32.2. The predicted octanol–water partition coefficient (Wildman–Crippen LogP) is 1.26. The van der Waals surface area contributed by atoms with Gasteiger partial charge in [-0.15, -0.1) is 11.3 Å². The van der Waals surface area contributed by atoms with Gasteiger partial charge in [-0.2, -0.15) is 11.8 Å². The van der Waals surface area contributed by atoms with E-state index in [1.807, 2.05) is 4.90 Å². The van der Waals surface area contributed by atoms with Gasteiger partial charge < -0.3 is 14.9 Å². The number of aliphatic hydroxyl groups is 1. The molecule has 4 nitrogen and oxygen atoms in total. The zero-order chi connectivity index (χ0) is 13.3. The number of hydrogen-bond donors (Lipinski definition) is 1. The number of piperazine rings is 1. The zero-order valence-electron chi connectivity index (χ0n) is 10.7. The summed E-state index contributed by atoms with van der Waals surface area (Å²) in [5, 5.41) is 13.7. The maximum absolute atomic E-state index is 12.4. The van der Waals surface area contributed by atoms with Crippen LogP contribution < -0.4 is 4.90 Å². The van der Waals surface area contributed by atoms with Gasteiger partial charge in [0.25, 0.3) is 5.91 Å². The average molecular weight is 298 g/mol. The molecule has 6 heteroatoms. The average Bonchev–Trinajstić information content (AvgIpc) is 3.10. The maximum Gasteiger partial charge on any atom is 0.255 e. The summed E-state index contributed by atoms with van der Waals surface area (Å²) in [5.41, 5.74) is -1.10. The molecule has 2 aliphatic rings. The van der Waals surface area contributed by atoms with Crippen LogP contribution in [-0.4, -0.2) is 59.2 Å². The van der Waals surface area contributed by atoms with E-state index in [1.54, 1.807) is 23.1 Å². The van der Waals surface area contributed by atoms with Gasteiger partial charge in [0.1, 0.15) is 0 Å². The molecule has 0 spiro atoms. The van der Waals surface area contributed by atoms with E-state index in [9.17, 15) is 9.90 Å². The van der Waals surface area contributed by atoms with Crippen molar-refractivity contribution in [2.24, 2.45) is 0 Å². The topological polar surface area (TPSA) is 43.8 Å². The van der Waals surface area contributed by atoms with Crippen LogP contribution in [0.15, 0.2) is 17.5 Å². The molecule has 0 aliphatic carbocycles.